The van der Waals surface area contributed by atoms with Crippen molar-refractivity contribution >= 4 is 17.5 Å². The van der Waals surface area contributed by atoms with Gasteiger partial charge in [0, 0.05) is 45.5 Å². The van der Waals surface area contributed by atoms with Crippen molar-refractivity contribution in [3.63, 3.8) is 0 Å². The summed E-state index contributed by atoms with van der Waals surface area (Å²) in [5.74, 6) is -1.13. The summed E-state index contributed by atoms with van der Waals surface area (Å²) in [5, 5.41) is 2.68. The molecular formula is C16H21F3N4O2. The molecule has 0 aromatic carbocycles. The number of hydrogen-bond donors (Lipinski definition) is 1. The number of anilines is 1. The lowest BCUT2D eigenvalue weighted by Crippen LogP contribution is -2.57. The zero-order chi connectivity index (χ0) is 18.8. The van der Waals surface area contributed by atoms with E-state index in [1.807, 2.05) is 19.0 Å². The van der Waals surface area contributed by atoms with E-state index >= 15 is 0 Å². The van der Waals surface area contributed by atoms with Gasteiger partial charge < -0.3 is 15.1 Å². The summed E-state index contributed by atoms with van der Waals surface area (Å²) in [6, 6.07) is 0.996. The van der Waals surface area contributed by atoms with Crippen LogP contribution in [0.15, 0.2) is 18.3 Å². The number of nitrogens with one attached hydrogen (secondary N) is 1. The SMILES string of the molecule is CC(=O)N1CC(NC(=O)c2cc(N(C)C)ccn2)CCC1C(F)(F)F. The van der Waals surface area contributed by atoms with Gasteiger partial charge in [0.15, 0.2) is 0 Å². The predicted octanol–water partition coefficient (Wildman–Crippen LogP) is 1.82. The Morgan fingerprint density at radius 1 is 1.32 bits per heavy atom. The highest BCUT2D eigenvalue weighted by Crippen LogP contribution is 2.32. The number of aromatic nitrogens is 1. The average molecular weight is 358 g/mol. The van der Waals surface area contributed by atoms with Gasteiger partial charge in [-0.1, -0.05) is 0 Å². The lowest BCUT2D eigenvalue weighted by Gasteiger charge is -2.40. The molecule has 2 unspecified atom stereocenters. The van der Waals surface area contributed by atoms with Crippen LogP contribution in [-0.2, 0) is 4.79 Å². The fourth-order valence-electron chi connectivity index (χ4n) is 2.86. The van der Waals surface area contributed by atoms with E-state index in [9.17, 15) is 22.8 Å². The highest BCUT2D eigenvalue weighted by atomic mass is 19.4. The molecular weight excluding hydrogens is 337 g/mol. The monoisotopic (exact) mass is 358 g/mol. The fourth-order valence-corrected chi connectivity index (χ4v) is 2.86. The Labute approximate surface area is 144 Å². The summed E-state index contributed by atoms with van der Waals surface area (Å²) >= 11 is 0. The van der Waals surface area contributed by atoms with E-state index in [-0.39, 0.29) is 25.1 Å². The number of likely N-dealkylation sites (tertiary alicyclic amines) is 1. The molecule has 1 aliphatic heterocycles. The smallest absolute Gasteiger partial charge is 0.378 e. The molecule has 0 bridgehead atoms. The molecule has 0 spiro atoms. The number of hydrogen-bond acceptors (Lipinski definition) is 4. The van der Waals surface area contributed by atoms with E-state index in [1.165, 1.54) is 6.20 Å². The molecule has 2 amide bonds. The highest BCUT2D eigenvalue weighted by Gasteiger charge is 2.47. The van der Waals surface area contributed by atoms with Gasteiger partial charge in [-0.2, -0.15) is 13.2 Å². The molecule has 2 rings (SSSR count). The van der Waals surface area contributed by atoms with Crippen LogP contribution in [0.25, 0.3) is 0 Å². The Morgan fingerprint density at radius 3 is 2.56 bits per heavy atom. The minimum absolute atomic E-state index is 0.146. The Kier molecular flexibility index (Phi) is 5.54. The molecule has 0 aliphatic carbocycles. The van der Waals surface area contributed by atoms with Gasteiger partial charge in [-0.15, -0.1) is 0 Å². The van der Waals surface area contributed by atoms with Crippen molar-refractivity contribution in [3.8, 4) is 0 Å². The summed E-state index contributed by atoms with van der Waals surface area (Å²) in [4.78, 5) is 30.5. The van der Waals surface area contributed by atoms with Crippen molar-refractivity contribution in [2.75, 3.05) is 25.5 Å². The minimum atomic E-state index is -4.47. The number of amides is 2. The van der Waals surface area contributed by atoms with Crippen LogP contribution in [0.1, 0.15) is 30.3 Å². The van der Waals surface area contributed by atoms with Gasteiger partial charge in [-0.05, 0) is 25.0 Å². The third-order valence-corrected chi connectivity index (χ3v) is 4.19. The number of nitrogens with zero attached hydrogens (tertiary/aromatic N) is 3. The van der Waals surface area contributed by atoms with Crippen molar-refractivity contribution in [1.29, 1.82) is 0 Å². The van der Waals surface area contributed by atoms with Crippen molar-refractivity contribution in [1.82, 2.24) is 15.2 Å². The molecule has 2 atom stereocenters. The average Bonchev–Trinajstić information content (AvgIpc) is 2.53. The molecule has 138 valence electrons. The third-order valence-electron chi connectivity index (χ3n) is 4.19. The molecule has 25 heavy (non-hydrogen) atoms. The first kappa shape index (κ1) is 19.0. The van der Waals surface area contributed by atoms with Crippen LogP contribution in [0.2, 0.25) is 0 Å². The lowest BCUT2D eigenvalue weighted by molar-refractivity contribution is -0.196. The lowest BCUT2D eigenvalue weighted by atomic mass is 9.97. The molecule has 1 aliphatic rings. The maximum Gasteiger partial charge on any atom is 0.408 e. The van der Waals surface area contributed by atoms with E-state index in [0.717, 1.165) is 17.5 Å². The number of pyridine rings is 1. The van der Waals surface area contributed by atoms with Gasteiger partial charge >= 0.3 is 6.18 Å². The Bertz CT molecular complexity index is 649. The van der Waals surface area contributed by atoms with E-state index in [2.05, 4.69) is 10.3 Å². The molecule has 1 saturated heterocycles. The Hall–Kier alpha value is -2.32. The summed E-state index contributed by atoms with van der Waals surface area (Å²) in [6.07, 6.45) is -3.07. The molecule has 0 radical (unpaired) electrons. The summed E-state index contributed by atoms with van der Waals surface area (Å²) in [5.41, 5.74) is 0.963. The Balaban J connectivity index is 2.07. The van der Waals surface area contributed by atoms with Crippen LogP contribution >= 0.6 is 0 Å². The second-order valence-electron chi connectivity index (χ2n) is 6.27. The number of alkyl halides is 3. The predicted molar refractivity (Wildman–Crippen MR) is 86.3 cm³/mol. The van der Waals surface area contributed by atoms with Crippen molar-refractivity contribution < 1.29 is 22.8 Å². The van der Waals surface area contributed by atoms with Crippen LogP contribution in [0.5, 0.6) is 0 Å². The topological polar surface area (TPSA) is 65.5 Å². The Morgan fingerprint density at radius 2 is 2.00 bits per heavy atom. The van der Waals surface area contributed by atoms with E-state index in [0.29, 0.717) is 0 Å². The van der Waals surface area contributed by atoms with Crippen LogP contribution in [0.4, 0.5) is 18.9 Å². The second kappa shape index (κ2) is 7.28. The largest absolute Gasteiger partial charge is 0.408 e. The quantitative estimate of drug-likeness (QED) is 0.895. The first-order valence-corrected chi connectivity index (χ1v) is 7.87. The number of halogens is 3. The first-order chi connectivity index (χ1) is 11.6. The van der Waals surface area contributed by atoms with Gasteiger partial charge in [-0.25, -0.2) is 0 Å². The molecule has 6 nitrogen and oxygen atoms in total. The van der Waals surface area contributed by atoms with Gasteiger partial charge in [0.05, 0.1) is 0 Å². The minimum Gasteiger partial charge on any atom is -0.378 e. The van der Waals surface area contributed by atoms with Crippen molar-refractivity contribution in [2.24, 2.45) is 0 Å². The number of rotatable bonds is 3. The maximum atomic E-state index is 13.0. The summed E-state index contributed by atoms with van der Waals surface area (Å²) < 4.78 is 39.1. The molecule has 1 aromatic heterocycles. The zero-order valence-electron chi connectivity index (χ0n) is 14.3. The maximum absolute atomic E-state index is 13.0. The van der Waals surface area contributed by atoms with Gasteiger partial charge in [0.25, 0.3) is 5.91 Å². The van der Waals surface area contributed by atoms with Crippen LogP contribution in [-0.4, -0.2) is 60.6 Å². The first-order valence-electron chi connectivity index (χ1n) is 7.87. The van der Waals surface area contributed by atoms with Crippen molar-refractivity contribution in [2.45, 2.75) is 38.0 Å². The van der Waals surface area contributed by atoms with Crippen LogP contribution < -0.4 is 10.2 Å². The molecule has 2 heterocycles. The zero-order valence-corrected chi connectivity index (χ0v) is 14.3. The van der Waals surface area contributed by atoms with E-state index in [1.54, 1.807) is 12.1 Å². The van der Waals surface area contributed by atoms with Crippen LogP contribution in [0, 0.1) is 0 Å². The fraction of sp³-hybridized carbons (Fsp3) is 0.562. The second-order valence-corrected chi connectivity index (χ2v) is 6.27. The summed E-state index contributed by atoms with van der Waals surface area (Å²) in [7, 11) is 3.64. The molecule has 1 aromatic rings. The van der Waals surface area contributed by atoms with Crippen LogP contribution in [0.3, 0.4) is 0 Å². The number of carbonyl (C=O) groups is 2. The molecule has 1 fully saturated rings. The van der Waals surface area contributed by atoms with E-state index in [4.69, 9.17) is 0 Å². The van der Waals surface area contributed by atoms with Gasteiger partial charge in [-0.3, -0.25) is 14.6 Å². The molecule has 1 N–H and O–H groups in total. The number of piperidine rings is 1. The molecule has 9 heteroatoms. The molecule has 0 saturated carbocycles. The van der Waals surface area contributed by atoms with Crippen molar-refractivity contribution in [3.05, 3.63) is 24.0 Å². The highest BCUT2D eigenvalue weighted by molar-refractivity contribution is 5.93. The normalized spacial score (nSPS) is 21.0. The van der Waals surface area contributed by atoms with E-state index < -0.39 is 30.1 Å². The summed E-state index contributed by atoms with van der Waals surface area (Å²) in [6.45, 7) is 0.934. The van der Waals surface area contributed by atoms with Gasteiger partial charge in [0.1, 0.15) is 11.7 Å². The third kappa shape index (κ3) is 4.61. The van der Waals surface area contributed by atoms with Gasteiger partial charge in [0.2, 0.25) is 5.91 Å². The standard InChI is InChI=1S/C16H21F3N4O2/c1-10(24)23-9-11(4-5-14(23)16(17,18)19)21-15(25)13-8-12(22(2)3)6-7-20-13/h6-8,11,14H,4-5,9H2,1-3H3,(H,21,25). The number of carbonyl (C=O) groups excluding carboxylic acids is 2.